The summed E-state index contributed by atoms with van der Waals surface area (Å²) in [5.74, 6) is 1.50. The number of nitrogens with zero attached hydrogens (tertiary/aromatic N) is 2. The van der Waals surface area contributed by atoms with Crippen LogP contribution in [0.5, 0.6) is 5.75 Å². The minimum Gasteiger partial charge on any atom is -0.491 e. The molecule has 0 atom stereocenters. The van der Waals surface area contributed by atoms with E-state index in [1.165, 1.54) is 0 Å². The highest BCUT2D eigenvalue weighted by molar-refractivity contribution is 7.98. The van der Waals surface area contributed by atoms with Crippen LogP contribution in [0.1, 0.15) is 35.3 Å². The van der Waals surface area contributed by atoms with Crippen molar-refractivity contribution in [1.82, 2.24) is 14.9 Å². The molecule has 0 aliphatic carbocycles. The minimum absolute atomic E-state index is 0.0842. The zero-order valence-electron chi connectivity index (χ0n) is 16.4. The highest BCUT2D eigenvalue weighted by Gasteiger charge is 2.08. The lowest BCUT2D eigenvalue weighted by Gasteiger charge is -2.11. The molecular weight excluding hydrogens is 370 g/mol. The van der Waals surface area contributed by atoms with Gasteiger partial charge in [-0.1, -0.05) is 36.0 Å². The van der Waals surface area contributed by atoms with Gasteiger partial charge in [0.1, 0.15) is 5.75 Å². The number of benzene rings is 2. The summed E-state index contributed by atoms with van der Waals surface area (Å²) in [5.41, 5.74) is 2.76. The molecule has 6 heteroatoms. The van der Waals surface area contributed by atoms with Crippen LogP contribution in [0.25, 0.3) is 0 Å². The fraction of sp³-hybridized carbons (Fsp3) is 0.273. The number of thioether (sulfide) groups is 1. The lowest BCUT2D eigenvalue weighted by Crippen LogP contribution is -2.22. The summed E-state index contributed by atoms with van der Waals surface area (Å²) in [6.07, 6.45) is 3.83. The molecule has 2 aromatic carbocycles. The van der Waals surface area contributed by atoms with Gasteiger partial charge < -0.3 is 14.6 Å². The van der Waals surface area contributed by atoms with E-state index in [-0.39, 0.29) is 12.0 Å². The number of imidazole rings is 1. The van der Waals surface area contributed by atoms with Gasteiger partial charge in [0.05, 0.1) is 6.10 Å². The Morgan fingerprint density at radius 1 is 1.18 bits per heavy atom. The molecular formula is C22H25N3O2S. The fourth-order valence-corrected chi connectivity index (χ4v) is 3.60. The molecule has 5 nitrogen and oxygen atoms in total. The molecule has 3 rings (SSSR count). The number of carbonyl (C=O) groups excluding carboxylic acids is 1. The molecule has 146 valence electrons. The Morgan fingerprint density at radius 3 is 2.71 bits per heavy atom. The summed E-state index contributed by atoms with van der Waals surface area (Å²) in [6, 6.07) is 15.5. The van der Waals surface area contributed by atoms with E-state index in [9.17, 15) is 4.79 Å². The second kappa shape index (κ2) is 9.46. The van der Waals surface area contributed by atoms with Crippen molar-refractivity contribution in [3.8, 4) is 5.75 Å². The van der Waals surface area contributed by atoms with Crippen LogP contribution < -0.4 is 10.1 Å². The van der Waals surface area contributed by atoms with Crippen LogP contribution in [0.4, 0.5) is 0 Å². The van der Waals surface area contributed by atoms with Crippen LogP contribution in [0, 0.1) is 0 Å². The second-order valence-electron chi connectivity index (χ2n) is 6.81. The number of hydrogen-bond acceptors (Lipinski definition) is 4. The number of aromatic nitrogens is 2. The highest BCUT2D eigenvalue weighted by atomic mass is 32.2. The van der Waals surface area contributed by atoms with E-state index in [0.717, 1.165) is 27.8 Å². The van der Waals surface area contributed by atoms with Crippen molar-refractivity contribution in [2.75, 3.05) is 0 Å². The lowest BCUT2D eigenvalue weighted by molar-refractivity contribution is 0.0950. The number of nitrogens with one attached hydrogen (secondary N) is 1. The van der Waals surface area contributed by atoms with Crippen LogP contribution in [0.3, 0.4) is 0 Å². The van der Waals surface area contributed by atoms with E-state index < -0.39 is 0 Å². The third-order valence-corrected chi connectivity index (χ3v) is 5.19. The molecule has 0 bridgehead atoms. The van der Waals surface area contributed by atoms with Gasteiger partial charge in [-0.25, -0.2) is 4.98 Å². The van der Waals surface area contributed by atoms with E-state index in [1.54, 1.807) is 18.0 Å². The monoisotopic (exact) mass is 395 g/mol. The normalized spacial score (nSPS) is 10.9. The number of carbonyl (C=O) groups is 1. The molecule has 0 aliphatic heterocycles. The molecule has 3 aromatic rings. The molecule has 0 fully saturated rings. The predicted molar refractivity (Wildman–Crippen MR) is 113 cm³/mol. The molecule has 0 aliphatic rings. The van der Waals surface area contributed by atoms with Gasteiger partial charge in [-0.15, -0.1) is 0 Å². The molecule has 0 saturated heterocycles. The Labute approximate surface area is 170 Å². The number of amides is 1. The highest BCUT2D eigenvalue weighted by Crippen LogP contribution is 2.21. The number of ether oxygens (including phenoxy) is 1. The molecule has 0 spiro atoms. The zero-order valence-corrected chi connectivity index (χ0v) is 17.2. The van der Waals surface area contributed by atoms with Gasteiger partial charge in [0.15, 0.2) is 5.16 Å². The first-order valence-corrected chi connectivity index (χ1v) is 10.2. The maximum Gasteiger partial charge on any atom is 0.251 e. The average molecular weight is 396 g/mol. The molecule has 1 heterocycles. The Bertz CT molecular complexity index is 937. The summed E-state index contributed by atoms with van der Waals surface area (Å²) < 4.78 is 7.69. The van der Waals surface area contributed by atoms with E-state index in [0.29, 0.717) is 12.1 Å². The first-order chi connectivity index (χ1) is 13.5. The number of aryl methyl sites for hydroxylation is 1. The summed E-state index contributed by atoms with van der Waals surface area (Å²) >= 11 is 1.65. The van der Waals surface area contributed by atoms with Crippen molar-refractivity contribution in [3.05, 3.63) is 77.6 Å². The van der Waals surface area contributed by atoms with Crippen molar-refractivity contribution in [2.24, 2.45) is 7.05 Å². The molecule has 1 aromatic heterocycles. The Morgan fingerprint density at radius 2 is 1.96 bits per heavy atom. The van der Waals surface area contributed by atoms with Gasteiger partial charge in [-0.3, -0.25) is 4.79 Å². The van der Waals surface area contributed by atoms with Crippen molar-refractivity contribution in [3.63, 3.8) is 0 Å². The average Bonchev–Trinajstić information content (AvgIpc) is 3.09. The first kappa shape index (κ1) is 20.0. The lowest BCUT2D eigenvalue weighted by atomic mass is 10.1. The SMILES string of the molecule is CC(C)Oc1cccc(CNC(=O)c2cccc(CSc3nccn3C)c2)c1. The van der Waals surface area contributed by atoms with Crippen molar-refractivity contribution in [1.29, 1.82) is 0 Å². The Hall–Kier alpha value is -2.73. The summed E-state index contributed by atoms with van der Waals surface area (Å²) in [4.78, 5) is 16.9. The topological polar surface area (TPSA) is 56.1 Å². The number of rotatable bonds is 8. The van der Waals surface area contributed by atoms with Gasteiger partial charge in [-0.2, -0.15) is 0 Å². The summed E-state index contributed by atoms with van der Waals surface area (Å²) in [6.45, 7) is 4.45. The van der Waals surface area contributed by atoms with Crippen LogP contribution >= 0.6 is 11.8 Å². The van der Waals surface area contributed by atoms with Gasteiger partial charge >= 0.3 is 0 Å². The maximum atomic E-state index is 12.6. The van der Waals surface area contributed by atoms with Crippen molar-refractivity contribution >= 4 is 17.7 Å². The van der Waals surface area contributed by atoms with Crippen molar-refractivity contribution in [2.45, 2.75) is 37.4 Å². The molecule has 0 saturated carbocycles. The third kappa shape index (κ3) is 5.63. The first-order valence-electron chi connectivity index (χ1n) is 9.24. The molecule has 0 radical (unpaired) electrons. The van der Waals surface area contributed by atoms with Gasteiger partial charge in [-0.05, 0) is 49.2 Å². The van der Waals surface area contributed by atoms with E-state index in [1.807, 2.05) is 80.2 Å². The molecule has 1 N–H and O–H groups in total. The summed E-state index contributed by atoms with van der Waals surface area (Å²) in [7, 11) is 1.97. The standard InChI is InChI=1S/C22H25N3O2S/c1-16(2)27-20-9-5-6-17(13-20)14-24-21(26)19-8-4-7-18(12-19)15-28-22-23-10-11-25(22)3/h4-13,16H,14-15H2,1-3H3,(H,24,26). The fourth-order valence-electron chi connectivity index (χ4n) is 2.73. The van der Waals surface area contributed by atoms with Crippen LogP contribution in [-0.2, 0) is 19.3 Å². The second-order valence-corrected chi connectivity index (χ2v) is 7.75. The predicted octanol–water partition coefficient (Wildman–Crippen LogP) is 4.43. The molecule has 1 amide bonds. The van der Waals surface area contributed by atoms with Crippen LogP contribution in [0.2, 0.25) is 0 Å². The van der Waals surface area contributed by atoms with Crippen LogP contribution in [-0.4, -0.2) is 21.6 Å². The largest absolute Gasteiger partial charge is 0.491 e. The summed E-state index contributed by atoms with van der Waals surface area (Å²) in [5, 5.41) is 3.94. The molecule has 28 heavy (non-hydrogen) atoms. The van der Waals surface area contributed by atoms with E-state index in [2.05, 4.69) is 10.3 Å². The zero-order chi connectivity index (χ0) is 19.9. The Balaban J connectivity index is 1.58. The maximum absolute atomic E-state index is 12.6. The van der Waals surface area contributed by atoms with Gasteiger partial charge in [0, 0.05) is 37.3 Å². The van der Waals surface area contributed by atoms with Crippen LogP contribution in [0.15, 0.2) is 66.1 Å². The Kier molecular flexibility index (Phi) is 6.76. The van der Waals surface area contributed by atoms with Gasteiger partial charge in [0.2, 0.25) is 0 Å². The molecule has 0 unspecified atom stereocenters. The number of hydrogen-bond donors (Lipinski definition) is 1. The van der Waals surface area contributed by atoms with Gasteiger partial charge in [0.25, 0.3) is 5.91 Å². The third-order valence-electron chi connectivity index (χ3n) is 4.06. The van der Waals surface area contributed by atoms with Crippen molar-refractivity contribution < 1.29 is 9.53 Å². The minimum atomic E-state index is -0.0842. The smallest absolute Gasteiger partial charge is 0.251 e. The van der Waals surface area contributed by atoms with E-state index in [4.69, 9.17) is 4.74 Å². The van der Waals surface area contributed by atoms with E-state index >= 15 is 0 Å². The quantitative estimate of drug-likeness (QED) is 0.573.